The van der Waals surface area contributed by atoms with E-state index in [1.165, 1.54) is 0 Å². The highest BCUT2D eigenvalue weighted by Crippen LogP contribution is 2.16. The Morgan fingerprint density at radius 2 is 2.42 bits per heavy atom. The van der Waals surface area contributed by atoms with Gasteiger partial charge in [-0.1, -0.05) is 0 Å². The molecule has 4 heteroatoms. The average molecular weight is 158 g/mol. The lowest BCUT2D eigenvalue weighted by Crippen LogP contribution is -1.93. The van der Waals surface area contributed by atoms with Crippen molar-refractivity contribution in [2.24, 2.45) is 0 Å². The van der Waals surface area contributed by atoms with Gasteiger partial charge < -0.3 is 10.7 Å². The van der Waals surface area contributed by atoms with Crippen LogP contribution < -0.4 is 5.73 Å². The van der Waals surface area contributed by atoms with Gasteiger partial charge in [0.15, 0.2) is 5.69 Å². The van der Waals surface area contributed by atoms with Crippen molar-refractivity contribution in [2.75, 3.05) is 5.73 Å². The summed E-state index contributed by atoms with van der Waals surface area (Å²) in [5, 5.41) is 9.53. The van der Waals surface area contributed by atoms with E-state index >= 15 is 0 Å². The third kappa shape index (κ3) is 0.805. The van der Waals surface area contributed by atoms with Gasteiger partial charge in [-0.25, -0.2) is 4.98 Å². The molecule has 0 aliphatic carbocycles. The van der Waals surface area contributed by atoms with Crippen molar-refractivity contribution < 1.29 is 0 Å². The van der Waals surface area contributed by atoms with Crippen molar-refractivity contribution in [3.8, 4) is 6.07 Å². The maximum Gasteiger partial charge on any atom is 0.165 e. The molecule has 0 bridgehead atoms. The number of nitriles is 1. The lowest BCUT2D eigenvalue weighted by Gasteiger charge is -1.95. The third-order valence-corrected chi connectivity index (χ3v) is 1.67. The molecule has 0 saturated carbocycles. The van der Waals surface area contributed by atoms with Gasteiger partial charge in [-0.2, -0.15) is 5.26 Å². The maximum atomic E-state index is 8.61. The molecule has 0 unspecified atom stereocenters. The minimum Gasteiger partial charge on any atom is -0.396 e. The van der Waals surface area contributed by atoms with Gasteiger partial charge in [-0.3, -0.25) is 0 Å². The van der Waals surface area contributed by atoms with Crippen LogP contribution in [0.2, 0.25) is 0 Å². The molecule has 2 rings (SSSR count). The van der Waals surface area contributed by atoms with Crippen LogP contribution in [0, 0.1) is 11.3 Å². The van der Waals surface area contributed by atoms with Crippen molar-refractivity contribution >= 4 is 16.7 Å². The highest BCUT2D eigenvalue weighted by molar-refractivity contribution is 5.80. The molecule has 0 aromatic carbocycles. The van der Waals surface area contributed by atoms with Gasteiger partial charge in [0.2, 0.25) is 0 Å². The fourth-order valence-corrected chi connectivity index (χ4v) is 1.09. The topological polar surface area (TPSA) is 78.5 Å². The van der Waals surface area contributed by atoms with Crippen LogP contribution in [0.5, 0.6) is 0 Å². The van der Waals surface area contributed by atoms with E-state index in [9.17, 15) is 0 Å². The summed E-state index contributed by atoms with van der Waals surface area (Å²) in [6.07, 6.45) is 1.76. The summed E-state index contributed by atoms with van der Waals surface area (Å²) in [5.74, 6) is 0. The first-order valence-electron chi connectivity index (χ1n) is 3.45. The number of hydrogen-bond acceptors (Lipinski definition) is 3. The number of nitrogens with one attached hydrogen (secondary N) is 1. The van der Waals surface area contributed by atoms with Gasteiger partial charge in [0.25, 0.3) is 0 Å². The molecule has 0 aliphatic heterocycles. The Hall–Kier alpha value is -2.02. The predicted octanol–water partition coefficient (Wildman–Crippen LogP) is 1.02. The monoisotopic (exact) mass is 158 g/mol. The van der Waals surface area contributed by atoms with Gasteiger partial charge in [-0.05, 0) is 12.1 Å². The van der Waals surface area contributed by atoms with E-state index in [0.717, 1.165) is 5.39 Å². The number of H-pyrrole nitrogens is 1. The maximum absolute atomic E-state index is 8.61. The summed E-state index contributed by atoms with van der Waals surface area (Å²) >= 11 is 0. The van der Waals surface area contributed by atoms with Crippen LogP contribution >= 0.6 is 0 Å². The molecule has 2 aromatic heterocycles. The molecule has 0 amide bonds. The van der Waals surface area contributed by atoms with Crippen molar-refractivity contribution in [2.45, 2.75) is 0 Å². The third-order valence-electron chi connectivity index (χ3n) is 1.67. The Morgan fingerprint density at radius 1 is 1.58 bits per heavy atom. The summed E-state index contributed by atoms with van der Waals surface area (Å²) in [6, 6.07) is 5.52. The first-order valence-corrected chi connectivity index (χ1v) is 3.45. The number of pyridine rings is 1. The number of fused-ring (bicyclic) bond motifs is 1. The highest BCUT2D eigenvalue weighted by Gasteiger charge is 2.02. The van der Waals surface area contributed by atoms with Crippen LogP contribution in [0.15, 0.2) is 18.3 Å². The fraction of sp³-hybridized carbons (Fsp3) is 0. The van der Waals surface area contributed by atoms with Gasteiger partial charge in [0.05, 0.1) is 5.69 Å². The van der Waals surface area contributed by atoms with Crippen molar-refractivity contribution in [1.29, 1.82) is 5.26 Å². The molecule has 0 aliphatic rings. The predicted molar refractivity (Wildman–Crippen MR) is 45.2 cm³/mol. The summed E-state index contributed by atoms with van der Waals surface area (Å²) in [7, 11) is 0. The first-order chi connectivity index (χ1) is 5.81. The molecule has 0 atom stereocenters. The lowest BCUT2D eigenvalue weighted by molar-refractivity contribution is 1.28. The number of hydrogen-bond donors (Lipinski definition) is 2. The van der Waals surface area contributed by atoms with Crippen LogP contribution in [0.3, 0.4) is 0 Å². The Bertz CT molecular complexity index is 463. The Labute approximate surface area is 68.6 Å². The standard InChI is InChI=1S/C8H6N4/c9-4-7-6(10)3-5-1-2-11-8(5)12-7/h1-3H,10H2,(H,11,12). The Morgan fingerprint density at radius 3 is 3.17 bits per heavy atom. The van der Waals surface area contributed by atoms with Crippen molar-refractivity contribution in [1.82, 2.24) is 9.97 Å². The van der Waals surface area contributed by atoms with Crippen LogP contribution in [0.1, 0.15) is 5.69 Å². The largest absolute Gasteiger partial charge is 0.396 e. The number of aromatic nitrogens is 2. The Balaban J connectivity index is 2.84. The first kappa shape index (κ1) is 6.68. The van der Waals surface area contributed by atoms with E-state index < -0.39 is 0 Å². The van der Waals surface area contributed by atoms with Gasteiger partial charge in [0, 0.05) is 11.6 Å². The Kier molecular flexibility index (Phi) is 1.25. The van der Waals surface area contributed by atoms with E-state index in [1.54, 1.807) is 12.3 Å². The zero-order valence-electron chi connectivity index (χ0n) is 6.20. The quantitative estimate of drug-likeness (QED) is 0.600. The normalized spacial score (nSPS) is 9.92. The van der Waals surface area contributed by atoms with E-state index in [0.29, 0.717) is 11.3 Å². The van der Waals surface area contributed by atoms with E-state index in [2.05, 4.69) is 9.97 Å². The lowest BCUT2D eigenvalue weighted by atomic mass is 10.2. The number of aromatic amines is 1. The number of nitrogens with two attached hydrogens (primary N) is 1. The molecule has 2 heterocycles. The molecule has 58 valence electrons. The zero-order chi connectivity index (χ0) is 8.55. The van der Waals surface area contributed by atoms with E-state index in [1.807, 2.05) is 12.1 Å². The second-order valence-corrected chi connectivity index (χ2v) is 2.45. The van der Waals surface area contributed by atoms with Gasteiger partial charge in [0.1, 0.15) is 11.7 Å². The molecule has 0 fully saturated rings. The minimum absolute atomic E-state index is 0.268. The van der Waals surface area contributed by atoms with Crippen LogP contribution in [0.4, 0.5) is 5.69 Å². The summed E-state index contributed by atoms with van der Waals surface area (Å²) in [6.45, 7) is 0. The second-order valence-electron chi connectivity index (χ2n) is 2.45. The molecule has 0 radical (unpaired) electrons. The number of nitrogens with zero attached hydrogens (tertiary/aromatic N) is 2. The number of nitrogen functional groups attached to an aromatic ring is 1. The zero-order valence-corrected chi connectivity index (χ0v) is 6.20. The summed E-state index contributed by atoms with van der Waals surface area (Å²) in [4.78, 5) is 6.92. The molecule has 0 saturated heterocycles. The SMILES string of the molecule is N#Cc1nc2[nH]ccc2cc1N. The summed E-state index contributed by atoms with van der Waals surface area (Å²) in [5.41, 5.74) is 6.94. The molecular weight excluding hydrogens is 152 g/mol. The molecule has 4 nitrogen and oxygen atoms in total. The van der Waals surface area contributed by atoms with Crippen LogP contribution in [-0.2, 0) is 0 Å². The van der Waals surface area contributed by atoms with Crippen LogP contribution in [-0.4, -0.2) is 9.97 Å². The van der Waals surface area contributed by atoms with Gasteiger partial charge in [-0.15, -0.1) is 0 Å². The summed E-state index contributed by atoms with van der Waals surface area (Å²) < 4.78 is 0. The molecule has 3 N–H and O–H groups in total. The van der Waals surface area contributed by atoms with Gasteiger partial charge >= 0.3 is 0 Å². The fourth-order valence-electron chi connectivity index (χ4n) is 1.09. The molecule has 2 aromatic rings. The smallest absolute Gasteiger partial charge is 0.165 e. The van der Waals surface area contributed by atoms with Crippen LogP contribution in [0.25, 0.3) is 11.0 Å². The van der Waals surface area contributed by atoms with E-state index in [4.69, 9.17) is 11.0 Å². The van der Waals surface area contributed by atoms with Crippen molar-refractivity contribution in [3.63, 3.8) is 0 Å². The molecule has 12 heavy (non-hydrogen) atoms. The molecule has 0 spiro atoms. The molecular formula is C8H6N4. The van der Waals surface area contributed by atoms with E-state index in [-0.39, 0.29) is 5.69 Å². The minimum atomic E-state index is 0.268. The second kappa shape index (κ2) is 2.24. The van der Waals surface area contributed by atoms with Crippen molar-refractivity contribution in [3.05, 3.63) is 24.0 Å². The number of anilines is 1. The number of rotatable bonds is 0. The average Bonchev–Trinajstić information content (AvgIpc) is 2.49. The highest BCUT2D eigenvalue weighted by atomic mass is 14.9.